The molecular weight excluding hydrogens is 206 g/mol. The van der Waals surface area contributed by atoms with Gasteiger partial charge in [0.05, 0.1) is 12.0 Å². The molecule has 0 aromatic rings. The van der Waals surface area contributed by atoms with Gasteiger partial charge in [0.2, 0.25) is 11.8 Å². The number of nitrogens with zero attached hydrogens (tertiary/aromatic N) is 1. The fourth-order valence-corrected chi connectivity index (χ4v) is 2.97. The van der Waals surface area contributed by atoms with Gasteiger partial charge in [-0.25, -0.2) is 0 Å². The molecule has 3 N–H and O–H groups in total. The van der Waals surface area contributed by atoms with Crippen LogP contribution in [0.1, 0.15) is 26.2 Å². The van der Waals surface area contributed by atoms with Crippen molar-refractivity contribution in [3.63, 3.8) is 0 Å². The molecule has 0 bridgehead atoms. The summed E-state index contributed by atoms with van der Waals surface area (Å²) in [5.41, 5.74) is 5.41. The molecule has 2 amide bonds. The lowest BCUT2D eigenvalue weighted by atomic mass is 9.89. The molecule has 3 atom stereocenters. The van der Waals surface area contributed by atoms with Crippen molar-refractivity contribution in [2.24, 2.45) is 11.7 Å². The molecule has 0 aromatic heterocycles. The highest BCUT2D eigenvalue weighted by atomic mass is 16.2. The van der Waals surface area contributed by atoms with E-state index < -0.39 is 0 Å². The molecule has 90 valence electrons. The topological polar surface area (TPSA) is 75.4 Å². The Morgan fingerprint density at radius 3 is 3.06 bits per heavy atom. The Morgan fingerprint density at radius 1 is 1.69 bits per heavy atom. The van der Waals surface area contributed by atoms with Crippen LogP contribution in [-0.4, -0.2) is 41.9 Å². The molecule has 2 fully saturated rings. The van der Waals surface area contributed by atoms with Crippen molar-refractivity contribution in [3.05, 3.63) is 0 Å². The van der Waals surface area contributed by atoms with Crippen LogP contribution in [0.5, 0.6) is 0 Å². The van der Waals surface area contributed by atoms with E-state index in [1.165, 1.54) is 0 Å². The number of fused-ring (bicyclic) bond motifs is 1. The van der Waals surface area contributed by atoms with E-state index in [1.807, 2.05) is 6.92 Å². The zero-order chi connectivity index (χ0) is 11.7. The van der Waals surface area contributed by atoms with Crippen molar-refractivity contribution in [1.82, 2.24) is 10.2 Å². The normalized spacial score (nSPS) is 31.9. The van der Waals surface area contributed by atoms with Gasteiger partial charge in [-0.15, -0.1) is 0 Å². The maximum Gasteiger partial charge on any atom is 0.234 e. The van der Waals surface area contributed by atoms with E-state index in [0.29, 0.717) is 13.0 Å². The Hall–Kier alpha value is -1.10. The Bertz CT molecular complexity index is 306. The molecule has 0 radical (unpaired) electrons. The van der Waals surface area contributed by atoms with Crippen LogP contribution in [0.2, 0.25) is 0 Å². The Labute approximate surface area is 95.3 Å². The van der Waals surface area contributed by atoms with E-state index in [1.54, 1.807) is 0 Å². The predicted octanol–water partition coefficient (Wildman–Crippen LogP) is -0.539. The van der Waals surface area contributed by atoms with E-state index in [2.05, 4.69) is 10.2 Å². The third-order valence-corrected chi connectivity index (χ3v) is 3.76. The smallest absolute Gasteiger partial charge is 0.234 e. The second kappa shape index (κ2) is 4.41. The fraction of sp³-hybridized carbons (Fsp3) is 0.818. The fourth-order valence-electron chi connectivity index (χ4n) is 2.97. The molecule has 2 saturated heterocycles. The Balaban J connectivity index is 2.15. The lowest BCUT2D eigenvalue weighted by Crippen LogP contribution is -2.54. The van der Waals surface area contributed by atoms with E-state index in [9.17, 15) is 9.59 Å². The molecule has 0 saturated carbocycles. The molecule has 5 heteroatoms. The molecule has 2 aliphatic heterocycles. The van der Waals surface area contributed by atoms with E-state index in [-0.39, 0.29) is 29.8 Å². The summed E-state index contributed by atoms with van der Waals surface area (Å²) in [4.78, 5) is 25.1. The van der Waals surface area contributed by atoms with Gasteiger partial charge in [0, 0.05) is 12.6 Å². The molecule has 3 unspecified atom stereocenters. The Kier molecular flexibility index (Phi) is 3.14. The van der Waals surface area contributed by atoms with Crippen LogP contribution in [0.25, 0.3) is 0 Å². The molecule has 2 aliphatic rings. The summed E-state index contributed by atoms with van der Waals surface area (Å²) in [6.07, 6.45) is 2.62. The number of carbonyl (C=O) groups excluding carboxylic acids is 2. The van der Waals surface area contributed by atoms with Gasteiger partial charge >= 0.3 is 0 Å². The molecule has 2 rings (SSSR count). The number of rotatable bonds is 3. The SMILES string of the molecule is CCC(C(N)=O)N1CCCC2C(=O)NCC21. The van der Waals surface area contributed by atoms with Crippen LogP contribution in [0, 0.1) is 5.92 Å². The average molecular weight is 225 g/mol. The monoisotopic (exact) mass is 225 g/mol. The summed E-state index contributed by atoms with van der Waals surface area (Å²) in [5.74, 6) is -0.0846. The molecule has 0 aliphatic carbocycles. The first-order valence-electron chi connectivity index (χ1n) is 5.98. The van der Waals surface area contributed by atoms with Crippen molar-refractivity contribution >= 4 is 11.8 Å². The summed E-state index contributed by atoms with van der Waals surface area (Å²) in [6.45, 7) is 3.49. The highest BCUT2D eigenvalue weighted by molar-refractivity contribution is 5.83. The zero-order valence-electron chi connectivity index (χ0n) is 9.61. The van der Waals surface area contributed by atoms with Crippen LogP contribution < -0.4 is 11.1 Å². The minimum absolute atomic E-state index is 0.0575. The summed E-state index contributed by atoms with van der Waals surface area (Å²) >= 11 is 0. The van der Waals surface area contributed by atoms with Gasteiger partial charge in [-0.05, 0) is 25.8 Å². The van der Waals surface area contributed by atoms with Crippen molar-refractivity contribution in [2.45, 2.75) is 38.3 Å². The highest BCUT2D eigenvalue weighted by Gasteiger charge is 2.43. The molecule has 16 heavy (non-hydrogen) atoms. The molecule has 0 spiro atoms. The van der Waals surface area contributed by atoms with Crippen LogP contribution in [-0.2, 0) is 9.59 Å². The van der Waals surface area contributed by atoms with Crippen LogP contribution >= 0.6 is 0 Å². The van der Waals surface area contributed by atoms with Crippen molar-refractivity contribution in [3.8, 4) is 0 Å². The van der Waals surface area contributed by atoms with Crippen LogP contribution in [0.3, 0.4) is 0 Å². The van der Waals surface area contributed by atoms with Gasteiger partial charge in [0.15, 0.2) is 0 Å². The van der Waals surface area contributed by atoms with Gasteiger partial charge in [0.25, 0.3) is 0 Å². The van der Waals surface area contributed by atoms with Gasteiger partial charge in [-0.1, -0.05) is 6.92 Å². The largest absolute Gasteiger partial charge is 0.368 e. The van der Waals surface area contributed by atoms with Crippen molar-refractivity contribution < 1.29 is 9.59 Å². The third kappa shape index (κ3) is 1.80. The second-order valence-corrected chi connectivity index (χ2v) is 4.63. The minimum Gasteiger partial charge on any atom is -0.368 e. The number of piperidine rings is 1. The maximum absolute atomic E-state index is 11.6. The molecule has 2 heterocycles. The number of primary amides is 1. The number of hydrogen-bond donors (Lipinski definition) is 2. The quantitative estimate of drug-likeness (QED) is 0.677. The second-order valence-electron chi connectivity index (χ2n) is 4.63. The lowest BCUT2D eigenvalue weighted by molar-refractivity contribution is -0.129. The number of carbonyl (C=O) groups is 2. The van der Waals surface area contributed by atoms with Crippen molar-refractivity contribution in [2.75, 3.05) is 13.1 Å². The van der Waals surface area contributed by atoms with Crippen LogP contribution in [0.4, 0.5) is 0 Å². The van der Waals surface area contributed by atoms with Gasteiger partial charge < -0.3 is 11.1 Å². The standard InChI is InChI=1S/C11H19N3O2/c1-2-8(10(12)15)14-5-3-4-7-9(14)6-13-11(7)16/h7-9H,2-6H2,1H3,(H2,12,15)(H,13,16). The number of likely N-dealkylation sites (tertiary alicyclic amines) is 1. The zero-order valence-corrected chi connectivity index (χ0v) is 9.61. The summed E-state index contributed by atoms with van der Waals surface area (Å²) in [7, 11) is 0. The first-order chi connectivity index (χ1) is 7.65. The van der Waals surface area contributed by atoms with E-state index in [4.69, 9.17) is 5.73 Å². The average Bonchev–Trinajstić information content (AvgIpc) is 2.62. The third-order valence-electron chi connectivity index (χ3n) is 3.76. The highest BCUT2D eigenvalue weighted by Crippen LogP contribution is 2.29. The number of nitrogens with two attached hydrogens (primary N) is 1. The van der Waals surface area contributed by atoms with Gasteiger partial charge in [-0.2, -0.15) is 0 Å². The predicted molar refractivity (Wildman–Crippen MR) is 59.5 cm³/mol. The first-order valence-corrected chi connectivity index (χ1v) is 5.98. The summed E-state index contributed by atoms with van der Waals surface area (Å²) in [6, 6.07) is -0.0563. The lowest BCUT2D eigenvalue weighted by Gasteiger charge is -2.39. The minimum atomic E-state index is -0.275. The van der Waals surface area contributed by atoms with E-state index in [0.717, 1.165) is 19.4 Å². The summed E-state index contributed by atoms with van der Waals surface area (Å²) in [5, 5.41) is 2.88. The number of hydrogen-bond acceptors (Lipinski definition) is 3. The van der Waals surface area contributed by atoms with Crippen molar-refractivity contribution in [1.29, 1.82) is 0 Å². The van der Waals surface area contributed by atoms with Gasteiger partial charge in [0.1, 0.15) is 0 Å². The molecule has 0 aromatic carbocycles. The van der Waals surface area contributed by atoms with Gasteiger partial charge in [-0.3, -0.25) is 14.5 Å². The maximum atomic E-state index is 11.6. The number of amides is 2. The summed E-state index contributed by atoms with van der Waals surface area (Å²) < 4.78 is 0. The van der Waals surface area contributed by atoms with E-state index >= 15 is 0 Å². The first kappa shape index (κ1) is 11.4. The number of nitrogens with one attached hydrogen (secondary N) is 1. The van der Waals surface area contributed by atoms with Crippen LogP contribution in [0.15, 0.2) is 0 Å². The Morgan fingerprint density at radius 2 is 2.44 bits per heavy atom. The molecular formula is C11H19N3O2. The molecule has 5 nitrogen and oxygen atoms in total.